The highest BCUT2D eigenvalue weighted by molar-refractivity contribution is 6.30. The number of nitrogens with zero attached hydrogens (tertiary/aromatic N) is 4. The molecule has 1 N–H and O–H groups in total. The van der Waals surface area contributed by atoms with Gasteiger partial charge in [0.1, 0.15) is 5.15 Å². The molecule has 0 fully saturated rings. The summed E-state index contributed by atoms with van der Waals surface area (Å²) in [6.07, 6.45) is 2.51. The van der Waals surface area contributed by atoms with E-state index in [4.69, 9.17) is 11.6 Å². The molecule has 0 aliphatic carbocycles. The van der Waals surface area contributed by atoms with Crippen LogP contribution in [0.15, 0.2) is 6.20 Å². The fourth-order valence-electron chi connectivity index (χ4n) is 2.32. The fraction of sp³-hybridized carbons (Fsp3) is 0.538. The predicted octanol–water partition coefficient (Wildman–Crippen LogP) is 1.95. The second-order valence-corrected chi connectivity index (χ2v) is 5.11. The number of rotatable bonds is 4. The Bertz CT molecular complexity index is 588. The van der Waals surface area contributed by atoms with E-state index in [-0.39, 0.29) is 0 Å². The number of hydrogen-bond donors (Lipinski definition) is 1. The molecule has 0 saturated carbocycles. The Morgan fingerprint density at radius 3 is 2.58 bits per heavy atom. The highest BCUT2D eigenvalue weighted by Gasteiger charge is 2.20. The zero-order valence-electron chi connectivity index (χ0n) is 11.7. The van der Waals surface area contributed by atoms with Gasteiger partial charge in [0.2, 0.25) is 0 Å². The lowest BCUT2D eigenvalue weighted by Gasteiger charge is -2.10. The zero-order valence-corrected chi connectivity index (χ0v) is 12.4. The zero-order chi connectivity index (χ0) is 14.2. The summed E-state index contributed by atoms with van der Waals surface area (Å²) in [5.41, 5.74) is 3.54. The predicted molar refractivity (Wildman–Crippen MR) is 74.2 cm³/mol. The lowest BCUT2D eigenvalue weighted by molar-refractivity contribution is 0.177. The van der Waals surface area contributed by atoms with Crippen LogP contribution in [0.5, 0.6) is 0 Å². The largest absolute Gasteiger partial charge is 0.388 e. The van der Waals surface area contributed by atoms with E-state index in [0.717, 1.165) is 28.9 Å². The lowest BCUT2D eigenvalue weighted by atomic mass is 10.0. The van der Waals surface area contributed by atoms with Crippen molar-refractivity contribution in [3.63, 3.8) is 0 Å². The Labute approximate surface area is 117 Å². The molecule has 1 atom stereocenters. The highest BCUT2D eigenvalue weighted by Crippen LogP contribution is 2.27. The normalized spacial score (nSPS) is 12.9. The van der Waals surface area contributed by atoms with Gasteiger partial charge in [0, 0.05) is 37.8 Å². The molecular weight excluding hydrogens is 264 g/mol. The number of aliphatic hydroxyl groups excluding tert-OH is 1. The molecule has 2 aromatic rings. The van der Waals surface area contributed by atoms with E-state index in [1.165, 1.54) is 0 Å². The molecule has 2 rings (SSSR count). The van der Waals surface area contributed by atoms with Gasteiger partial charge < -0.3 is 5.11 Å². The number of aryl methyl sites for hydroxylation is 4. The minimum absolute atomic E-state index is 0.456. The second-order valence-electron chi connectivity index (χ2n) is 4.76. The summed E-state index contributed by atoms with van der Waals surface area (Å²) in [7, 11) is 3.66. The van der Waals surface area contributed by atoms with Gasteiger partial charge in [0.05, 0.1) is 17.5 Å². The smallest absolute Gasteiger partial charge is 0.130 e. The summed E-state index contributed by atoms with van der Waals surface area (Å²) in [4.78, 5) is 0. The minimum atomic E-state index is -0.607. The molecule has 19 heavy (non-hydrogen) atoms. The van der Waals surface area contributed by atoms with Crippen LogP contribution < -0.4 is 0 Å². The van der Waals surface area contributed by atoms with Crippen molar-refractivity contribution in [2.45, 2.75) is 32.8 Å². The van der Waals surface area contributed by atoms with Crippen molar-refractivity contribution in [1.82, 2.24) is 19.6 Å². The summed E-state index contributed by atoms with van der Waals surface area (Å²) in [5.74, 6) is 0. The first-order chi connectivity index (χ1) is 8.93. The summed E-state index contributed by atoms with van der Waals surface area (Å²) < 4.78 is 3.36. The molecule has 0 radical (unpaired) electrons. The van der Waals surface area contributed by atoms with Crippen molar-refractivity contribution < 1.29 is 5.11 Å². The fourth-order valence-corrected chi connectivity index (χ4v) is 2.57. The van der Waals surface area contributed by atoms with Crippen molar-refractivity contribution >= 4 is 11.6 Å². The van der Waals surface area contributed by atoms with Crippen LogP contribution in [0.3, 0.4) is 0 Å². The van der Waals surface area contributed by atoms with Crippen LogP contribution in [0.2, 0.25) is 5.15 Å². The van der Waals surface area contributed by atoms with E-state index < -0.39 is 6.10 Å². The third-order valence-corrected chi connectivity index (χ3v) is 3.77. The average Bonchev–Trinajstić information content (AvgIpc) is 2.85. The summed E-state index contributed by atoms with van der Waals surface area (Å²) in [6, 6.07) is 0. The first-order valence-corrected chi connectivity index (χ1v) is 6.70. The summed E-state index contributed by atoms with van der Waals surface area (Å²) in [6.45, 7) is 3.93. The molecule has 0 aliphatic heterocycles. The molecule has 0 bridgehead atoms. The standard InChI is InChI=1S/C13H19ClN4O/c1-5-11-10(7-17(3)16-11)12(19)6-9-8(2)15-18(4)13(9)14/h7,12,19H,5-6H2,1-4H3. The second kappa shape index (κ2) is 5.35. The molecule has 5 nitrogen and oxygen atoms in total. The van der Waals surface area contributed by atoms with Gasteiger partial charge in [-0.05, 0) is 13.3 Å². The number of halogens is 1. The summed E-state index contributed by atoms with van der Waals surface area (Å²) >= 11 is 6.19. The molecule has 2 aromatic heterocycles. The molecule has 0 amide bonds. The topological polar surface area (TPSA) is 55.9 Å². The molecule has 1 unspecified atom stereocenters. The Morgan fingerprint density at radius 2 is 2.05 bits per heavy atom. The minimum Gasteiger partial charge on any atom is -0.388 e. The summed E-state index contributed by atoms with van der Waals surface area (Å²) in [5, 5.41) is 19.6. The van der Waals surface area contributed by atoms with Gasteiger partial charge in [0.15, 0.2) is 0 Å². The van der Waals surface area contributed by atoms with Gasteiger partial charge in [-0.25, -0.2) is 0 Å². The molecule has 0 aromatic carbocycles. The van der Waals surface area contributed by atoms with Crippen LogP contribution in [-0.2, 0) is 26.9 Å². The highest BCUT2D eigenvalue weighted by atomic mass is 35.5. The third-order valence-electron chi connectivity index (χ3n) is 3.30. The lowest BCUT2D eigenvalue weighted by Crippen LogP contribution is -2.04. The van der Waals surface area contributed by atoms with Crippen molar-refractivity contribution in [3.05, 3.63) is 33.9 Å². The van der Waals surface area contributed by atoms with Crippen LogP contribution in [-0.4, -0.2) is 24.7 Å². The monoisotopic (exact) mass is 282 g/mol. The van der Waals surface area contributed by atoms with Crippen LogP contribution >= 0.6 is 11.6 Å². The molecule has 104 valence electrons. The van der Waals surface area contributed by atoms with Crippen molar-refractivity contribution in [2.24, 2.45) is 14.1 Å². The van der Waals surface area contributed by atoms with Crippen molar-refractivity contribution in [3.8, 4) is 0 Å². The first kappa shape index (κ1) is 14.1. The van der Waals surface area contributed by atoms with Crippen LogP contribution in [0.1, 0.15) is 35.5 Å². The van der Waals surface area contributed by atoms with Crippen LogP contribution in [0, 0.1) is 6.92 Å². The Kier molecular flexibility index (Phi) is 3.96. The van der Waals surface area contributed by atoms with Gasteiger partial charge in [-0.3, -0.25) is 9.36 Å². The Hall–Kier alpha value is -1.33. The van der Waals surface area contributed by atoms with Gasteiger partial charge in [-0.2, -0.15) is 10.2 Å². The maximum Gasteiger partial charge on any atom is 0.130 e. The Morgan fingerprint density at radius 1 is 1.37 bits per heavy atom. The number of aromatic nitrogens is 4. The third kappa shape index (κ3) is 2.67. The van der Waals surface area contributed by atoms with E-state index >= 15 is 0 Å². The van der Waals surface area contributed by atoms with Crippen molar-refractivity contribution in [1.29, 1.82) is 0 Å². The molecule has 0 spiro atoms. The molecular formula is C13H19ClN4O. The SMILES string of the molecule is CCc1nn(C)cc1C(O)Cc1c(C)nn(C)c1Cl. The number of hydrogen-bond acceptors (Lipinski definition) is 3. The van der Waals surface area contributed by atoms with E-state index in [2.05, 4.69) is 10.2 Å². The molecule has 0 aliphatic rings. The van der Waals surface area contributed by atoms with Gasteiger partial charge in [-0.1, -0.05) is 18.5 Å². The van der Waals surface area contributed by atoms with Gasteiger partial charge in [0.25, 0.3) is 0 Å². The number of aliphatic hydroxyl groups is 1. The first-order valence-electron chi connectivity index (χ1n) is 6.32. The van der Waals surface area contributed by atoms with Crippen LogP contribution in [0.4, 0.5) is 0 Å². The maximum absolute atomic E-state index is 10.4. The van der Waals surface area contributed by atoms with E-state index in [0.29, 0.717) is 11.6 Å². The molecule has 6 heteroatoms. The van der Waals surface area contributed by atoms with E-state index in [1.807, 2.05) is 27.1 Å². The van der Waals surface area contributed by atoms with Gasteiger partial charge >= 0.3 is 0 Å². The van der Waals surface area contributed by atoms with E-state index in [1.54, 1.807) is 16.4 Å². The Balaban J connectivity index is 2.27. The maximum atomic E-state index is 10.4. The van der Waals surface area contributed by atoms with Crippen molar-refractivity contribution in [2.75, 3.05) is 0 Å². The molecule has 2 heterocycles. The average molecular weight is 283 g/mol. The van der Waals surface area contributed by atoms with Crippen LogP contribution in [0.25, 0.3) is 0 Å². The van der Waals surface area contributed by atoms with Gasteiger partial charge in [-0.15, -0.1) is 0 Å². The quantitative estimate of drug-likeness (QED) is 0.933. The van der Waals surface area contributed by atoms with E-state index in [9.17, 15) is 5.11 Å². The molecule has 0 saturated heterocycles.